The summed E-state index contributed by atoms with van der Waals surface area (Å²) >= 11 is 0. The van der Waals surface area contributed by atoms with Crippen LogP contribution in [0, 0.1) is 0 Å². The monoisotopic (exact) mass is 364 g/mol. The lowest BCUT2D eigenvalue weighted by Crippen LogP contribution is -2.00. The maximum Gasteiger partial charge on any atom is 0.189 e. The topological polar surface area (TPSA) is 63.3 Å². The smallest absolute Gasteiger partial charge is 0.189 e. The Balaban J connectivity index is 1.83. The van der Waals surface area contributed by atoms with E-state index in [9.17, 15) is 5.11 Å². The first-order chi connectivity index (χ1) is 13.8. The third-order valence-corrected chi connectivity index (χ3v) is 4.67. The molecule has 0 amide bonds. The van der Waals surface area contributed by atoms with Crippen molar-refractivity contribution in [2.45, 2.75) is 0 Å². The van der Waals surface area contributed by atoms with Crippen LogP contribution in [0.3, 0.4) is 0 Å². The van der Waals surface area contributed by atoms with Gasteiger partial charge in [-0.3, -0.25) is 0 Å². The highest BCUT2D eigenvalue weighted by molar-refractivity contribution is 5.82. The molecule has 2 heterocycles. The molecule has 0 saturated carbocycles. The van der Waals surface area contributed by atoms with E-state index in [4.69, 9.17) is 5.10 Å². The van der Waals surface area contributed by atoms with Crippen LogP contribution in [0.25, 0.3) is 39.4 Å². The number of phenolic OH excluding ortho intramolecular Hbond substituents is 1. The lowest BCUT2D eigenvalue weighted by atomic mass is 10.0. The van der Waals surface area contributed by atoms with E-state index in [1.807, 2.05) is 78.9 Å². The average Bonchev–Trinajstić information content (AvgIpc) is 3.18. The third-order valence-electron chi connectivity index (χ3n) is 4.67. The largest absolute Gasteiger partial charge is 0.507 e. The predicted molar refractivity (Wildman–Crippen MR) is 109 cm³/mol. The quantitative estimate of drug-likeness (QED) is 0.498. The number of aromatic nitrogens is 4. The zero-order valence-corrected chi connectivity index (χ0v) is 14.9. The van der Waals surface area contributed by atoms with Crippen molar-refractivity contribution in [2.75, 3.05) is 0 Å². The molecule has 0 bridgehead atoms. The summed E-state index contributed by atoms with van der Waals surface area (Å²) in [5, 5.41) is 23.8. The second kappa shape index (κ2) is 6.63. The first kappa shape index (κ1) is 16.2. The Morgan fingerprint density at radius 3 is 2.00 bits per heavy atom. The number of aromatic hydroxyl groups is 1. The molecule has 2 aromatic heterocycles. The summed E-state index contributed by atoms with van der Waals surface area (Å²) in [5.41, 5.74) is 5.00. The molecule has 0 aliphatic rings. The minimum absolute atomic E-state index is 0.143. The Hall–Kier alpha value is -3.99. The lowest BCUT2D eigenvalue weighted by molar-refractivity contribution is 0.476. The first-order valence-corrected chi connectivity index (χ1v) is 8.97. The maximum absolute atomic E-state index is 10.3. The molecule has 0 spiro atoms. The van der Waals surface area contributed by atoms with Gasteiger partial charge in [-0.25, -0.2) is 0 Å². The van der Waals surface area contributed by atoms with Crippen LogP contribution in [0.15, 0.2) is 91.0 Å². The minimum atomic E-state index is 0.143. The molecule has 28 heavy (non-hydrogen) atoms. The van der Waals surface area contributed by atoms with Gasteiger partial charge in [0.05, 0.1) is 11.3 Å². The summed E-state index contributed by atoms with van der Waals surface area (Å²) in [6, 6.07) is 29.2. The summed E-state index contributed by atoms with van der Waals surface area (Å²) in [5.74, 6) is 0.646. The molecule has 1 N–H and O–H groups in total. The molecular formula is C23H16N4O. The highest BCUT2D eigenvalue weighted by Crippen LogP contribution is 2.32. The molecule has 3 aromatic carbocycles. The summed E-state index contributed by atoms with van der Waals surface area (Å²) < 4.78 is 1.71. The van der Waals surface area contributed by atoms with Crippen molar-refractivity contribution < 1.29 is 5.11 Å². The zero-order chi connectivity index (χ0) is 18.9. The van der Waals surface area contributed by atoms with E-state index < -0.39 is 0 Å². The predicted octanol–water partition coefficient (Wildman–Crippen LogP) is 4.83. The third kappa shape index (κ3) is 2.70. The van der Waals surface area contributed by atoms with Crippen LogP contribution in [0.4, 0.5) is 0 Å². The van der Waals surface area contributed by atoms with E-state index in [-0.39, 0.29) is 5.75 Å². The van der Waals surface area contributed by atoms with Gasteiger partial charge >= 0.3 is 0 Å². The number of hydrogen-bond acceptors (Lipinski definition) is 4. The van der Waals surface area contributed by atoms with E-state index >= 15 is 0 Å². The molecule has 0 aliphatic carbocycles. The summed E-state index contributed by atoms with van der Waals surface area (Å²) in [6.07, 6.45) is 0. The van der Waals surface area contributed by atoms with Gasteiger partial charge in [0.2, 0.25) is 0 Å². The Morgan fingerprint density at radius 2 is 1.29 bits per heavy atom. The van der Waals surface area contributed by atoms with Gasteiger partial charge in [0.1, 0.15) is 5.75 Å². The second-order valence-electron chi connectivity index (χ2n) is 6.45. The number of fused-ring (bicyclic) bond motifs is 1. The van der Waals surface area contributed by atoms with Crippen molar-refractivity contribution in [2.24, 2.45) is 0 Å². The Kier molecular flexibility index (Phi) is 3.84. The number of rotatable bonds is 3. The van der Waals surface area contributed by atoms with Crippen LogP contribution in [0.5, 0.6) is 5.75 Å². The van der Waals surface area contributed by atoms with Crippen molar-refractivity contribution in [1.82, 2.24) is 19.8 Å². The Bertz CT molecular complexity index is 1260. The summed E-state index contributed by atoms with van der Waals surface area (Å²) in [6.45, 7) is 0. The summed E-state index contributed by atoms with van der Waals surface area (Å²) in [4.78, 5) is 0. The average molecular weight is 364 g/mol. The van der Waals surface area contributed by atoms with Crippen molar-refractivity contribution in [3.8, 4) is 39.5 Å². The fourth-order valence-electron chi connectivity index (χ4n) is 3.29. The molecule has 5 heteroatoms. The number of benzene rings is 3. The SMILES string of the molecule is Oc1ccccc1-c1nnc2c(-c3ccccc3)cc(-c3ccccc3)nn12. The standard InChI is InChI=1S/C23H16N4O/c28-21-14-8-7-13-18(21)22-24-25-23-19(16-9-3-1-4-10-16)15-20(26-27(22)23)17-11-5-2-6-12-17/h1-15,28H. The summed E-state index contributed by atoms with van der Waals surface area (Å²) in [7, 11) is 0. The van der Waals surface area contributed by atoms with Crippen molar-refractivity contribution in [1.29, 1.82) is 0 Å². The van der Waals surface area contributed by atoms with Crippen LogP contribution in [0.1, 0.15) is 0 Å². The van der Waals surface area contributed by atoms with E-state index in [0.717, 1.165) is 22.4 Å². The highest BCUT2D eigenvalue weighted by atomic mass is 16.3. The number of para-hydroxylation sites is 1. The molecule has 5 nitrogen and oxygen atoms in total. The lowest BCUT2D eigenvalue weighted by Gasteiger charge is -2.09. The molecular weight excluding hydrogens is 348 g/mol. The van der Waals surface area contributed by atoms with Crippen LogP contribution in [0.2, 0.25) is 0 Å². The Morgan fingerprint density at radius 1 is 0.643 bits per heavy atom. The van der Waals surface area contributed by atoms with Crippen LogP contribution in [-0.2, 0) is 0 Å². The normalized spacial score (nSPS) is 11.0. The van der Waals surface area contributed by atoms with Crippen LogP contribution >= 0.6 is 0 Å². The number of hydrogen-bond donors (Lipinski definition) is 1. The molecule has 134 valence electrons. The molecule has 0 radical (unpaired) electrons. The van der Waals surface area contributed by atoms with Crippen molar-refractivity contribution >= 4 is 5.65 Å². The van der Waals surface area contributed by atoms with Crippen LogP contribution in [-0.4, -0.2) is 24.9 Å². The molecule has 5 aromatic rings. The van der Waals surface area contributed by atoms with Gasteiger partial charge in [0.15, 0.2) is 11.5 Å². The van der Waals surface area contributed by atoms with Gasteiger partial charge in [0, 0.05) is 11.1 Å². The molecule has 5 rings (SSSR count). The van der Waals surface area contributed by atoms with Crippen LogP contribution < -0.4 is 0 Å². The van der Waals surface area contributed by atoms with E-state index in [0.29, 0.717) is 17.0 Å². The van der Waals surface area contributed by atoms with Gasteiger partial charge < -0.3 is 5.11 Å². The molecule has 0 fully saturated rings. The zero-order valence-electron chi connectivity index (χ0n) is 14.9. The number of nitrogens with zero attached hydrogens (tertiary/aromatic N) is 4. The fraction of sp³-hybridized carbons (Fsp3) is 0. The van der Waals surface area contributed by atoms with E-state index in [1.165, 1.54) is 0 Å². The van der Waals surface area contributed by atoms with E-state index in [2.05, 4.69) is 10.2 Å². The fourth-order valence-corrected chi connectivity index (χ4v) is 3.29. The van der Waals surface area contributed by atoms with Gasteiger partial charge in [-0.05, 0) is 23.8 Å². The maximum atomic E-state index is 10.3. The highest BCUT2D eigenvalue weighted by Gasteiger charge is 2.18. The Labute approximate surface area is 161 Å². The molecule has 0 unspecified atom stereocenters. The molecule has 0 saturated heterocycles. The van der Waals surface area contributed by atoms with Crippen molar-refractivity contribution in [3.63, 3.8) is 0 Å². The number of phenols is 1. The minimum Gasteiger partial charge on any atom is -0.507 e. The molecule has 0 aliphatic heterocycles. The van der Waals surface area contributed by atoms with Gasteiger partial charge in [0.25, 0.3) is 0 Å². The van der Waals surface area contributed by atoms with E-state index in [1.54, 1.807) is 16.6 Å². The van der Waals surface area contributed by atoms with Gasteiger partial charge in [-0.1, -0.05) is 72.8 Å². The van der Waals surface area contributed by atoms with Crippen molar-refractivity contribution in [3.05, 3.63) is 91.0 Å². The molecule has 0 atom stereocenters. The first-order valence-electron chi connectivity index (χ1n) is 8.97. The van der Waals surface area contributed by atoms with Gasteiger partial charge in [-0.2, -0.15) is 9.61 Å². The second-order valence-corrected chi connectivity index (χ2v) is 6.45. The van der Waals surface area contributed by atoms with Gasteiger partial charge in [-0.15, -0.1) is 10.2 Å².